The van der Waals surface area contributed by atoms with Gasteiger partial charge in [0.2, 0.25) is 5.91 Å². The van der Waals surface area contributed by atoms with E-state index in [-0.39, 0.29) is 18.2 Å². The zero-order valence-corrected chi connectivity index (χ0v) is 14.3. The van der Waals surface area contributed by atoms with Crippen molar-refractivity contribution in [3.63, 3.8) is 0 Å². The standard InChI is InChI=1S/C18H16ClN3O3/c1-22(11-12-3-2-6-20-9-12)17(23)10-21-18(24)16-8-13-7-14(19)4-5-15(13)25-16/h2-9H,10-11H2,1H3,(H,21,24). The predicted octanol–water partition coefficient (Wildman–Crippen LogP) is 2.87. The molecule has 0 bridgehead atoms. The second kappa shape index (κ2) is 7.36. The molecule has 0 saturated carbocycles. The fourth-order valence-electron chi connectivity index (χ4n) is 2.36. The Morgan fingerprint density at radius 3 is 2.88 bits per heavy atom. The van der Waals surface area contributed by atoms with E-state index < -0.39 is 5.91 Å². The van der Waals surface area contributed by atoms with Crippen LogP contribution in [0.3, 0.4) is 0 Å². The monoisotopic (exact) mass is 357 g/mol. The van der Waals surface area contributed by atoms with Gasteiger partial charge in [-0.1, -0.05) is 17.7 Å². The van der Waals surface area contributed by atoms with Crippen LogP contribution in [0.25, 0.3) is 11.0 Å². The molecule has 25 heavy (non-hydrogen) atoms. The number of furan rings is 1. The van der Waals surface area contributed by atoms with E-state index in [0.29, 0.717) is 17.2 Å². The summed E-state index contributed by atoms with van der Waals surface area (Å²) in [6.45, 7) is 0.305. The molecule has 0 spiro atoms. The molecule has 6 nitrogen and oxygen atoms in total. The number of pyridine rings is 1. The summed E-state index contributed by atoms with van der Waals surface area (Å²) in [5.74, 6) is -0.521. The smallest absolute Gasteiger partial charge is 0.287 e. The van der Waals surface area contributed by atoms with E-state index in [9.17, 15) is 9.59 Å². The van der Waals surface area contributed by atoms with Crippen LogP contribution in [0.5, 0.6) is 0 Å². The maximum absolute atomic E-state index is 12.2. The quantitative estimate of drug-likeness (QED) is 0.761. The minimum Gasteiger partial charge on any atom is -0.451 e. The van der Waals surface area contributed by atoms with Crippen LogP contribution in [0.2, 0.25) is 5.02 Å². The lowest BCUT2D eigenvalue weighted by atomic mass is 10.2. The van der Waals surface area contributed by atoms with Gasteiger partial charge in [-0.15, -0.1) is 0 Å². The first-order valence-electron chi connectivity index (χ1n) is 7.63. The number of carbonyl (C=O) groups excluding carboxylic acids is 2. The molecule has 0 aliphatic heterocycles. The van der Waals surface area contributed by atoms with Crippen molar-refractivity contribution in [2.75, 3.05) is 13.6 Å². The maximum atomic E-state index is 12.2. The van der Waals surface area contributed by atoms with Gasteiger partial charge in [-0.3, -0.25) is 14.6 Å². The zero-order chi connectivity index (χ0) is 17.8. The molecule has 128 valence electrons. The number of likely N-dealkylation sites (N-methyl/N-ethyl adjacent to an activating group) is 1. The molecule has 0 aliphatic carbocycles. The topological polar surface area (TPSA) is 75.4 Å². The van der Waals surface area contributed by atoms with Crippen LogP contribution in [0, 0.1) is 0 Å². The van der Waals surface area contributed by atoms with Crippen LogP contribution in [0.15, 0.2) is 53.2 Å². The molecule has 0 unspecified atom stereocenters. The minimum absolute atomic E-state index is 0.118. The SMILES string of the molecule is CN(Cc1cccnc1)C(=O)CNC(=O)c1cc2cc(Cl)ccc2o1. The lowest BCUT2D eigenvalue weighted by Gasteiger charge is -2.17. The van der Waals surface area contributed by atoms with Gasteiger partial charge in [0, 0.05) is 36.4 Å². The molecule has 0 fully saturated rings. The van der Waals surface area contributed by atoms with E-state index in [1.165, 1.54) is 4.90 Å². The Balaban J connectivity index is 1.58. The molecule has 2 heterocycles. The average molecular weight is 358 g/mol. The van der Waals surface area contributed by atoms with E-state index in [1.54, 1.807) is 43.7 Å². The fourth-order valence-corrected chi connectivity index (χ4v) is 2.54. The number of carbonyl (C=O) groups is 2. The summed E-state index contributed by atoms with van der Waals surface area (Å²) >= 11 is 5.91. The number of halogens is 1. The zero-order valence-electron chi connectivity index (χ0n) is 13.5. The van der Waals surface area contributed by atoms with E-state index in [1.807, 2.05) is 12.1 Å². The van der Waals surface area contributed by atoms with Gasteiger partial charge in [0.05, 0.1) is 6.54 Å². The number of fused-ring (bicyclic) bond motifs is 1. The van der Waals surface area contributed by atoms with Gasteiger partial charge < -0.3 is 14.6 Å². The molecule has 3 rings (SSSR count). The van der Waals surface area contributed by atoms with Crippen LogP contribution in [-0.2, 0) is 11.3 Å². The summed E-state index contributed by atoms with van der Waals surface area (Å²) in [6, 6.07) is 10.4. The normalized spacial score (nSPS) is 10.6. The van der Waals surface area contributed by atoms with Gasteiger partial charge in [-0.05, 0) is 35.9 Å². The fraction of sp³-hybridized carbons (Fsp3) is 0.167. The molecule has 0 radical (unpaired) electrons. The molecule has 0 atom stereocenters. The Morgan fingerprint density at radius 1 is 1.28 bits per heavy atom. The van der Waals surface area contributed by atoms with Crippen molar-refractivity contribution in [1.82, 2.24) is 15.2 Å². The summed E-state index contributed by atoms with van der Waals surface area (Å²) in [4.78, 5) is 29.8. The lowest BCUT2D eigenvalue weighted by Crippen LogP contribution is -2.37. The first-order valence-corrected chi connectivity index (χ1v) is 8.01. The molecular weight excluding hydrogens is 342 g/mol. The third-order valence-corrected chi connectivity index (χ3v) is 3.91. The van der Waals surface area contributed by atoms with Gasteiger partial charge in [0.25, 0.3) is 5.91 Å². The minimum atomic E-state index is -0.449. The van der Waals surface area contributed by atoms with Crippen molar-refractivity contribution in [2.45, 2.75) is 6.54 Å². The van der Waals surface area contributed by atoms with Gasteiger partial charge >= 0.3 is 0 Å². The van der Waals surface area contributed by atoms with Gasteiger partial charge in [-0.2, -0.15) is 0 Å². The highest BCUT2D eigenvalue weighted by molar-refractivity contribution is 6.31. The first kappa shape index (κ1) is 17.0. The maximum Gasteiger partial charge on any atom is 0.287 e. The van der Waals surface area contributed by atoms with Gasteiger partial charge in [-0.25, -0.2) is 0 Å². The highest BCUT2D eigenvalue weighted by atomic mass is 35.5. The highest BCUT2D eigenvalue weighted by Gasteiger charge is 2.15. The molecular formula is C18H16ClN3O3. The summed E-state index contributed by atoms with van der Waals surface area (Å²) in [7, 11) is 1.67. The Morgan fingerprint density at radius 2 is 2.12 bits per heavy atom. The van der Waals surface area contributed by atoms with Crippen molar-refractivity contribution in [3.05, 3.63) is 65.1 Å². The van der Waals surface area contributed by atoms with Crippen LogP contribution in [0.4, 0.5) is 0 Å². The third-order valence-electron chi connectivity index (χ3n) is 3.67. The van der Waals surface area contributed by atoms with Crippen LogP contribution in [0.1, 0.15) is 16.1 Å². The van der Waals surface area contributed by atoms with Crippen molar-refractivity contribution in [1.29, 1.82) is 0 Å². The largest absolute Gasteiger partial charge is 0.451 e. The second-order valence-corrected chi connectivity index (χ2v) is 6.02. The Hall–Kier alpha value is -2.86. The lowest BCUT2D eigenvalue weighted by molar-refractivity contribution is -0.129. The van der Waals surface area contributed by atoms with Crippen molar-refractivity contribution < 1.29 is 14.0 Å². The molecule has 2 amide bonds. The second-order valence-electron chi connectivity index (χ2n) is 5.59. The van der Waals surface area contributed by atoms with Crippen molar-refractivity contribution >= 4 is 34.4 Å². The molecule has 0 saturated heterocycles. The number of aromatic nitrogens is 1. The molecule has 1 N–H and O–H groups in total. The average Bonchev–Trinajstić information content (AvgIpc) is 3.03. The van der Waals surface area contributed by atoms with Crippen LogP contribution in [-0.4, -0.2) is 35.3 Å². The predicted molar refractivity (Wildman–Crippen MR) is 94.3 cm³/mol. The van der Waals surface area contributed by atoms with Crippen LogP contribution < -0.4 is 5.32 Å². The number of hydrogen-bond acceptors (Lipinski definition) is 4. The number of rotatable bonds is 5. The summed E-state index contributed by atoms with van der Waals surface area (Å²) in [5.41, 5.74) is 1.48. The third kappa shape index (κ3) is 4.16. The van der Waals surface area contributed by atoms with Crippen LogP contribution >= 0.6 is 11.6 Å². The molecule has 3 aromatic rings. The molecule has 0 aliphatic rings. The number of nitrogens with zero attached hydrogens (tertiary/aromatic N) is 2. The van der Waals surface area contributed by atoms with E-state index in [2.05, 4.69) is 10.3 Å². The number of hydrogen-bond donors (Lipinski definition) is 1. The molecule has 1 aromatic carbocycles. The Bertz CT molecular complexity index is 908. The van der Waals surface area contributed by atoms with E-state index in [0.717, 1.165) is 10.9 Å². The van der Waals surface area contributed by atoms with Gasteiger partial charge in [0.15, 0.2) is 5.76 Å². The van der Waals surface area contributed by atoms with Crippen molar-refractivity contribution in [3.8, 4) is 0 Å². The summed E-state index contributed by atoms with van der Waals surface area (Å²) < 4.78 is 5.47. The molecule has 2 aromatic heterocycles. The summed E-state index contributed by atoms with van der Waals surface area (Å²) in [6.07, 6.45) is 3.37. The van der Waals surface area contributed by atoms with E-state index >= 15 is 0 Å². The van der Waals surface area contributed by atoms with E-state index in [4.69, 9.17) is 16.0 Å². The Labute approximate surface area is 149 Å². The van der Waals surface area contributed by atoms with Crippen molar-refractivity contribution in [2.24, 2.45) is 0 Å². The summed E-state index contributed by atoms with van der Waals surface area (Å²) in [5, 5.41) is 3.86. The number of amides is 2. The highest BCUT2D eigenvalue weighted by Crippen LogP contribution is 2.22. The number of nitrogens with one attached hydrogen (secondary N) is 1. The van der Waals surface area contributed by atoms with Gasteiger partial charge in [0.1, 0.15) is 5.58 Å². The Kier molecular flexibility index (Phi) is 5.00. The number of benzene rings is 1. The molecule has 7 heteroatoms. The first-order chi connectivity index (χ1) is 12.0.